The molecule has 21 heavy (non-hydrogen) atoms. The number of H-pyrrole nitrogens is 1. The van der Waals surface area contributed by atoms with E-state index < -0.39 is 15.7 Å². The normalized spacial score (nSPS) is 11.9. The Hall–Kier alpha value is -2.41. The van der Waals surface area contributed by atoms with Crippen molar-refractivity contribution in [3.63, 3.8) is 0 Å². The average Bonchev–Trinajstić information content (AvgIpc) is 2.83. The topological polar surface area (TPSA) is 88.8 Å². The SMILES string of the molecule is CS(=O)(=O)c1ccc2nc(-c3cccc(F)c3N)[nH]c2c1. The highest BCUT2D eigenvalue weighted by atomic mass is 32.2. The van der Waals surface area contributed by atoms with E-state index in [9.17, 15) is 12.8 Å². The molecule has 3 rings (SSSR count). The highest BCUT2D eigenvalue weighted by molar-refractivity contribution is 7.90. The van der Waals surface area contributed by atoms with E-state index in [1.54, 1.807) is 12.1 Å². The molecule has 7 heteroatoms. The summed E-state index contributed by atoms with van der Waals surface area (Å²) in [6, 6.07) is 9.03. The number of halogens is 1. The molecule has 0 radical (unpaired) electrons. The molecule has 0 spiro atoms. The molecule has 0 unspecified atom stereocenters. The van der Waals surface area contributed by atoms with Crippen LogP contribution < -0.4 is 5.73 Å². The third-order valence-electron chi connectivity index (χ3n) is 3.19. The summed E-state index contributed by atoms with van der Waals surface area (Å²) < 4.78 is 36.6. The van der Waals surface area contributed by atoms with Gasteiger partial charge in [0.2, 0.25) is 0 Å². The Kier molecular flexibility index (Phi) is 2.94. The van der Waals surface area contributed by atoms with Crippen LogP contribution in [-0.2, 0) is 9.84 Å². The van der Waals surface area contributed by atoms with Crippen LogP contribution in [0.1, 0.15) is 0 Å². The lowest BCUT2D eigenvalue weighted by atomic mass is 10.1. The Morgan fingerprint density at radius 3 is 2.71 bits per heavy atom. The highest BCUT2D eigenvalue weighted by Crippen LogP contribution is 2.28. The number of fused-ring (bicyclic) bond motifs is 1. The molecule has 0 bridgehead atoms. The van der Waals surface area contributed by atoms with Crippen LogP contribution in [0.3, 0.4) is 0 Å². The van der Waals surface area contributed by atoms with Gasteiger partial charge in [0.05, 0.1) is 21.6 Å². The first-order valence-corrected chi connectivity index (χ1v) is 7.99. The smallest absolute Gasteiger partial charge is 0.175 e. The maximum Gasteiger partial charge on any atom is 0.175 e. The van der Waals surface area contributed by atoms with Crippen LogP contribution in [-0.4, -0.2) is 24.6 Å². The summed E-state index contributed by atoms with van der Waals surface area (Å²) in [7, 11) is -3.30. The number of rotatable bonds is 2. The Morgan fingerprint density at radius 2 is 2.00 bits per heavy atom. The van der Waals surface area contributed by atoms with Gasteiger partial charge < -0.3 is 10.7 Å². The second kappa shape index (κ2) is 4.56. The molecule has 0 aliphatic carbocycles. The summed E-state index contributed by atoms with van der Waals surface area (Å²) in [5, 5.41) is 0. The van der Waals surface area contributed by atoms with E-state index >= 15 is 0 Å². The second-order valence-electron chi connectivity index (χ2n) is 4.74. The molecule has 0 aliphatic heterocycles. The fourth-order valence-electron chi connectivity index (χ4n) is 2.09. The number of imidazole rings is 1. The zero-order valence-electron chi connectivity index (χ0n) is 11.1. The number of nitrogens with one attached hydrogen (secondary N) is 1. The van der Waals surface area contributed by atoms with Crippen molar-refractivity contribution < 1.29 is 12.8 Å². The van der Waals surface area contributed by atoms with Gasteiger partial charge >= 0.3 is 0 Å². The number of benzene rings is 2. The van der Waals surface area contributed by atoms with Gasteiger partial charge in [0.25, 0.3) is 0 Å². The molecule has 0 saturated carbocycles. The molecule has 1 aromatic heterocycles. The van der Waals surface area contributed by atoms with Crippen LogP contribution in [0.5, 0.6) is 0 Å². The summed E-state index contributed by atoms with van der Waals surface area (Å²) in [6.07, 6.45) is 1.13. The number of nitrogen functional groups attached to an aromatic ring is 1. The van der Waals surface area contributed by atoms with Crippen LogP contribution >= 0.6 is 0 Å². The lowest BCUT2D eigenvalue weighted by molar-refractivity contribution is 0.602. The fraction of sp³-hybridized carbons (Fsp3) is 0.0714. The Bertz CT molecular complexity index is 948. The van der Waals surface area contributed by atoms with Crippen LogP contribution in [0, 0.1) is 5.82 Å². The van der Waals surface area contributed by atoms with Crippen molar-refractivity contribution in [2.45, 2.75) is 4.90 Å². The molecule has 0 fully saturated rings. The number of sulfone groups is 1. The minimum Gasteiger partial charge on any atom is -0.396 e. The number of hydrogen-bond acceptors (Lipinski definition) is 4. The van der Waals surface area contributed by atoms with Crippen molar-refractivity contribution in [3.8, 4) is 11.4 Å². The molecule has 0 amide bonds. The summed E-state index contributed by atoms with van der Waals surface area (Å²) in [6.45, 7) is 0. The summed E-state index contributed by atoms with van der Waals surface area (Å²) >= 11 is 0. The number of anilines is 1. The molecule has 0 atom stereocenters. The molecule has 0 saturated heterocycles. The number of hydrogen-bond donors (Lipinski definition) is 2. The monoisotopic (exact) mass is 305 g/mol. The molecular weight excluding hydrogens is 293 g/mol. The largest absolute Gasteiger partial charge is 0.396 e. The predicted molar refractivity (Wildman–Crippen MR) is 79.0 cm³/mol. The van der Waals surface area contributed by atoms with Crippen molar-refractivity contribution in [1.82, 2.24) is 9.97 Å². The van der Waals surface area contributed by atoms with Gasteiger partial charge in [0.15, 0.2) is 9.84 Å². The predicted octanol–water partition coefficient (Wildman–Crippen LogP) is 2.35. The fourth-order valence-corrected chi connectivity index (χ4v) is 2.74. The number of aromatic nitrogens is 2. The van der Waals surface area contributed by atoms with Gasteiger partial charge in [-0.25, -0.2) is 17.8 Å². The molecule has 108 valence electrons. The molecule has 2 aromatic carbocycles. The van der Waals surface area contributed by atoms with Gasteiger partial charge in [0, 0.05) is 11.8 Å². The highest BCUT2D eigenvalue weighted by Gasteiger charge is 2.13. The van der Waals surface area contributed by atoms with E-state index in [2.05, 4.69) is 9.97 Å². The van der Waals surface area contributed by atoms with Crippen molar-refractivity contribution >= 4 is 26.6 Å². The maximum absolute atomic E-state index is 13.5. The van der Waals surface area contributed by atoms with E-state index in [0.29, 0.717) is 22.4 Å². The number of nitrogens with zero attached hydrogens (tertiary/aromatic N) is 1. The molecule has 1 heterocycles. The minimum atomic E-state index is -3.30. The molecule has 5 nitrogen and oxygen atoms in total. The van der Waals surface area contributed by atoms with Crippen molar-refractivity contribution in [2.75, 3.05) is 12.0 Å². The molecule has 3 aromatic rings. The van der Waals surface area contributed by atoms with E-state index in [1.165, 1.54) is 24.3 Å². The first-order valence-electron chi connectivity index (χ1n) is 6.10. The Balaban J connectivity index is 2.20. The van der Waals surface area contributed by atoms with Crippen molar-refractivity contribution in [3.05, 3.63) is 42.2 Å². The van der Waals surface area contributed by atoms with E-state index in [1.807, 2.05) is 0 Å². The van der Waals surface area contributed by atoms with Crippen LogP contribution in [0.25, 0.3) is 22.4 Å². The first-order chi connectivity index (χ1) is 9.86. The van der Waals surface area contributed by atoms with Crippen LogP contribution in [0.4, 0.5) is 10.1 Å². The lowest BCUT2D eigenvalue weighted by Gasteiger charge is -2.02. The van der Waals surface area contributed by atoms with E-state index in [-0.39, 0.29) is 10.6 Å². The minimum absolute atomic E-state index is 0.0000994. The third kappa shape index (κ3) is 2.36. The standard InChI is InChI=1S/C14H12FN3O2S/c1-21(19,20)8-5-6-11-12(7-8)18-14(17-11)9-3-2-4-10(15)13(9)16/h2-7H,16H2,1H3,(H,17,18). The number of aromatic amines is 1. The van der Waals surface area contributed by atoms with Gasteiger partial charge in [0.1, 0.15) is 11.6 Å². The van der Waals surface area contributed by atoms with Crippen molar-refractivity contribution in [1.29, 1.82) is 0 Å². The maximum atomic E-state index is 13.5. The quantitative estimate of drug-likeness (QED) is 0.711. The van der Waals surface area contributed by atoms with Gasteiger partial charge in [-0.05, 0) is 30.3 Å². The van der Waals surface area contributed by atoms with E-state index in [0.717, 1.165) is 6.26 Å². The molecule has 3 N–H and O–H groups in total. The molecular formula is C14H12FN3O2S. The van der Waals surface area contributed by atoms with E-state index in [4.69, 9.17) is 5.73 Å². The zero-order chi connectivity index (χ0) is 15.2. The van der Waals surface area contributed by atoms with Gasteiger partial charge in [-0.15, -0.1) is 0 Å². The molecule has 0 aliphatic rings. The van der Waals surface area contributed by atoms with Gasteiger partial charge in [-0.1, -0.05) is 6.07 Å². The summed E-state index contributed by atoms with van der Waals surface area (Å²) in [5.41, 5.74) is 7.28. The van der Waals surface area contributed by atoms with Crippen LogP contribution in [0.2, 0.25) is 0 Å². The number of para-hydroxylation sites is 1. The second-order valence-corrected chi connectivity index (χ2v) is 6.75. The van der Waals surface area contributed by atoms with Crippen molar-refractivity contribution in [2.24, 2.45) is 0 Å². The Morgan fingerprint density at radius 1 is 1.24 bits per heavy atom. The summed E-state index contributed by atoms with van der Waals surface area (Å²) in [4.78, 5) is 7.47. The zero-order valence-corrected chi connectivity index (χ0v) is 11.9. The Labute approximate surface area is 120 Å². The van der Waals surface area contributed by atoms with Crippen LogP contribution in [0.15, 0.2) is 41.3 Å². The average molecular weight is 305 g/mol. The number of nitrogens with two attached hydrogens (primary N) is 1. The third-order valence-corrected chi connectivity index (χ3v) is 4.30. The van der Waals surface area contributed by atoms with Gasteiger partial charge in [-0.3, -0.25) is 0 Å². The first kappa shape index (κ1) is 13.6. The lowest BCUT2D eigenvalue weighted by Crippen LogP contribution is -1.96. The van der Waals surface area contributed by atoms with Gasteiger partial charge in [-0.2, -0.15) is 0 Å². The summed E-state index contributed by atoms with van der Waals surface area (Å²) in [5.74, 6) is -0.127.